The molecule has 0 N–H and O–H groups in total. The number of hydrogen-bond acceptors (Lipinski definition) is 3. The maximum absolute atomic E-state index is 6.02. The Labute approximate surface area is 212 Å². The van der Waals surface area contributed by atoms with Gasteiger partial charge in [-0.05, 0) is 81.5 Å². The molecule has 1 heterocycles. The SMILES string of the molecule is CC(C)=CCN(c1ccc(OCc2ccccc2)cc1)C1CCN(CCCc2ccccc2)CC1. The van der Waals surface area contributed by atoms with Crippen LogP contribution in [0.5, 0.6) is 5.75 Å². The molecule has 0 bridgehead atoms. The van der Waals surface area contributed by atoms with Crippen LogP contribution in [0.2, 0.25) is 0 Å². The molecule has 0 aliphatic carbocycles. The number of likely N-dealkylation sites (tertiary alicyclic amines) is 1. The number of ether oxygens (including phenoxy) is 1. The van der Waals surface area contributed by atoms with Crippen LogP contribution in [0, 0.1) is 0 Å². The Hall–Kier alpha value is -3.04. The fourth-order valence-electron chi connectivity index (χ4n) is 4.83. The van der Waals surface area contributed by atoms with E-state index in [0.717, 1.165) is 12.3 Å². The summed E-state index contributed by atoms with van der Waals surface area (Å²) in [5.74, 6) is 0.924. The largest absolute Gasteiger partial charge is 0.489 e. The third kappa shape index (κ3) is 8.00. The van der Waals surface area contributed by atoms with Crippen LogP contribution >= 0.6 is 0 Å². The molecule has 3 aromatic rings. The summed E-state index contributed by atoms with van der Waals surface area (Å²) < 4.78 is 6.02. The van der Waals surface area contributed by atoms with Crippen molar-refractivity contribution >= 4 is 5.69 Å². The molecule has 3 nitrogen and oxygen atoms in total. The Kier molecular flexibility index (Phi) is 9.42. The number of benzene rings is 3. The quantitative estimate of drug-likeness (QED) is 0.278. The highest BCUT2D eigenvalue weighted by Crippen LogP contribution is 2.26. The van der Waals surface area contributed by atoms with Crippen LogP contribution in [0.4, 0.5) is 5.69 Å². The standard InChI is InChI=1S/C32H40N2O/c1-27(2)19-25-34(30-15-17-32(18-16-30)35-26-29-12-7-4-8-13-29)31-20-23-33(24-21-31)22-9-14-28-10-5-3-6-11-28/h3-8,10-13,15-19,31H,9,14,20-26H2,1-2H3. The molecular weight excluding hydrogens is 428 g/mol. The Morgan fingerprint density at radius 1 is 0.857 bits per heavy atom. The summed E-state index contributed by atoms with van der Waals surface area (Å²) in [5, 5.41) is 0. The number of piperidine rings is 1. The molecule has 1 aliphatic rings. The van der Waals surface area contributed by atoms with Gasteiger partial charge in [-0.1, -0.05) is 72.3 Å². The van der Waals surface area contributed by atoms with Crippen molar-refractivity contribution in [1.82, 2.24) is 4.90 Å². The van der Waals surface area contributed by atoms with Crippen LogP contribution in [0.1, 0.15) is 44.2 Å². The van der Waals surface area contributed by atoms with Crippen LogP contribution in [0.25, 0.3) is 0 Å². The average molecular weight is 469 g/mol. The van der Waals surface area contributed by atoms with Crippen molar-refractivity contribution in [1.29, 1.82) is 0 Å². The highest BCUT2D eigenvalue weighted by Gasteiger charge is 2.24. The van der Waals surface area contributed by atoms with E-state index in [1.165, 1.54) is 67.7 Å². The summed E-state index contributed by atoms with van der Waals surface area (Å²) >= 11 is 0. The van der Waals surface area contributed by atoms with E-state index in [4.69, 9.17) is 4.74 Å². The Morgan fingerprint density at radius 2 is 1.49 bits per heavy atom. The number of allylic oxidation sites excluding steroid dienone is 1. The molecule has 0 aromatic heterocycles. The lowest BCUT2D eigenvalue weighted by molar-refractivity contribution is 0.208. The molecule has 3 aromatic carbocycles. The van der Waals surface area contributed by atoms with Gasteiger partial charge in [0.05, 0.1) is 0 Å². The molecule has 1 aliphatic heterocycles. The third-order valence-electron chi connectivity index (χ3n) is 6.89. The van der Waals surface area contributed by atoms with Crippen molar-refractivity contribution in [3.05, 3.63) is 108 Å². The minimum Gasteiger partial charge on any atom is -0.489 e. The zero-order valence-electron chi connectivity index (χ0n) is 21.4. The Bertz CT molecular complexity index is 1020. The van der Waals surface area contributed by atoms with Gasteiger partial charge in [0.15, 0.2) is 0 Å². The molecule has 0 amide bonds. The van der Waals surface area contributed by atoms with Gasteiger partial charge in [0.1, 0.15) is 12.4 Å². The summed E-state index contributed by atoms with van der Waals surface area (Å²) in [6, 6.07) is 30.5. The van der Waals surface area contributed by atoms with Gasteiger partial charge in [0.25, 0.3) is 0 Å². The number of rotatable bonds is 11. The molecule has 4 rings (SSSR count). The molecule has 0 spiro atoms. The van der Waals surface area contributed by atoms with Crippen molar-refractivity contribution < 1.29 is 4.74 Å². The summed E-state index contributed by atoms with van der Waals surface area (Å²) in [6.45, 7) is 9.51. The van der Waals surface area contributed by atoms with E-state index in [9.17, 15) is 0 Å². The van der Waals surface area contributed by atoms with Crippen molar-refractivity contribution in [3.8, 4) is 5.75 Å². The summed E-state index contributed by atoms with van der Waals surface area (Å²) in [4.78, 5) is 5.24. The molecule has 184 valence electrons. The van der Waals surface area contributed by atoms with E-state index in [1.54, 1.807) is 0 Å². The topological polar surface area (TPSA) is 15.7 Å². The summed E-state index contributed by atoms with van der Waals surface area (Å²) in [7, 11) is 0. The predicted octanol–water partition coefficient (Wildman–Crippen LogP) is 7.14. The molecule has 0 unspecified atom stereocenters. The average Bonchev–Trinajstić information content (AvgIpc) is 2.90. The first-order valence-electron chi connectivity index (χ1n) is 13.1. The molecule has 0 radical (unpaired) electrons. The lowest BCUT2D eigenvalue weighted by Crippen LogP contribution is -2.45. The number of hydrogen-bond donors (Lipinski definition) is 0. The van der Waals surface area contributed by atoms with Crippen molar-refractivity contribution in [2.45, 2.75) is 52.2 Å². The van der Waals surface area contributed by atoms with Crippen molar-refractivity contribution in [2.75, 3.05) is 31.1 Å². The minimum absolute atomic E-state index is 0.576. The highest BCUT2D eigenvalue weighted by atomic mass is 16.5. The van der Waals surface area contributed by atoms with Crippen molar-refractivity contribution in [2.24, 2.45) is 0 Å². The van der Waals surface area contributed by atoms with Gasteiger partial charge in [-0.2, -0.15) is 0 Å². The second-order valence-corrected chi connectivity index (χ2v) is 9.86. The van der Waals surface area contributed by atoms with E-state index >= 15 is 0 Å². The van der Waals surface area contributed by atoms with E-state index < -0.39 is 0 Å². The lowest BCUT2D eigenvalue weighted by Gasteiger charge is -2.39. The highest BCUT2D eigenvalue weighted by molar-refractivity contribution is 5.51. The molecule has 0 atom stereocenters. The molecule has 0 saturated carbocycles. The van der Waals surface area contributed by atoms with Gasteiger partial charge in [-0.15, -0.1) is 0 Å². The summed E-state index contributed by atoms with van der Waals surface area (Å²) in [6.07, 6.45) is 7.20. The number of aryl methyl sites for hydroxylation is 1. The fourth-order valence-corrected chi connectivity index (χ4v) is 4.83. The first-order chi connectivity index (χ1) is 17.2. The van der Waals surface area contributed by atoms with Gasteiger partial charge >= 0.3 is 0 Å². The normalized spacial score (nSPS) is 14.5. The fraction of sp³-hybridized carbons (Fsp3) is 0.375. The van der Waals surface area contributed by atoms with Crippen LogP contribution in [0.15, 0.2) is 96.6 Å². The maximum atomic E-state index is 6.02. The summed E-state index contributed by atoms with van der Waals surface area (Å²) in [5.41, 5.74) is 5.30. The zero-order chi connectivity index (χ0) is 24.3. The van der Waals surface area contributed by atoms with Gasteiger partial charge in [0, 0.05) is 31.4 Å². The van der Waals surface area contributed by atoms with Crippen LogP contribution < -0.4 is 9.64 Å². The van der Waals surface area contributed by atoms with E-state index in [-0.39, 0.29) is 0 Å². The molecule has 1 fully saturated rings. The Balaban J connectivity index is 1.31. The Morgan fingerprint density at radius 3 is 2.11 bits per heavy atom. The smallest absolute Gasteiger partial charge is 0.119 e. The minimum atomic E-state index is 0.576. The van der Waals surface area contributed by atoms with Crippen LogP contribution in [-0.2, 0) is 13.0 Å². The monoisotopic (exact) mass is 468 g/mol. The first-order valence-corrected chi connectivity index (χ1v) is 13.1. The van der Waals surface area contributed by atoms with E-state index in [1.807, 2.05) is 6.07 Å². The second kappa shape index (κ2) is 13.2. The molecular formula is C32H40N2O. The van der Waals surface area contributed by atoms with Crippen LogP contribution in [0.3, 0.4) is 0 Å². The van der Waals surface area contributed by atoms with Crippen molar-refractivity contribution in [3.63, 3.8) is 0 Å². The first kappa shape index (κ1) is 25.1. The van der Waals surface area contributed by atoms with E-state index in [2.05, 4.69) is 109 Å². The second-order valence-electron chi connectivity index (χ2n) is 9.86. The lowest BCUT2D eigenvalue weighted by atomic mass is 10.0. The van der Waals surface area contributed by atoms with Gasteiger partial charge in [0.2, 0.25) is 0 Å². The van der Waals surface area contributed by atoms with Gasteiger partial charge in [-0.25, -0.2) is 0 Å². The molecule has 35 heavy (non-hydrogen) atoms. The predicted molar refractivity (Wildman–Crippen MR) is 148 cm³/mol. The van der Waals surface area contributed by atoms with Gasteiger partial charge < -0.3 is 14.5 Å². The van der Waals surface area contributed by atoms with Crippen LogP contribution in [-0.4, -0.2) is 37.1 Å². The van der Waals surface area contributed by atoms with Gasteiger partial charge in [-0.3, -0.25) is 0 Å². The van der Waals surface area contributed by atoms with E-state index in [0.29, 0.717) is 12.6 Å². The maximum Gasteiger partial charge on any atom is 0.119 e. The third-order valence-corrected chi connectivity index (χ3v) is 6.89. The molecule has 1 saturated heterocycles. The number of nitrogens with zero attached hydrogens (tertiary/aromatic N) is 2. The number of anilines is 1. The zero-order valence-corrected chi connectivity index (χ0v) is 21.4. The molecule has 3 heteroatoms.